The van der Waals surface area contributed by atoms with Crippen LogP contribution in [0.25, 0.3) is 6.08 Å². The van der Waals surface area contributed by atoms with Crippen molar-refractivity contribution < 1.29 is 4.52 Å². The maximum atomic E-state index is 5.42. The highest BCUT2D eigenvalue weighted by molar-refractivity contribution is 7.10. The van der Waals surface area contributed by atoms with E-state index < -0.39 is 0 Å². The Kier molecular flexibility index (Phi) is 6.04. The summed E-state index contributed by atoms with van der Waals surface area (Å²) in [7, 11) is 2.35. The third kappa shape index (κ3) is 5.12. The van der Waals surface area contributed by atoms with Gasteiger partial charge in [-0.3, -0.25) is 0 Å². The average molecular weight is 269 g/mol. The van der Waals surface area contributed by atoms with E-state index in [1.807, 2.05) is 6.92 Å². The molecule has 0 radical (unpaired) electrons. The molecule has 0 aromatic carbocycles. The largest absolute Gasteiger partial charge is 0.358 e. The topological polar surface area (TPSA) is 22.1 Å². The molecular formula is C13H20NOPS. The summed E-state index contributed by atoms with van der Waals surface area (Å²) in [5, 5.41) is 3.16. The van der Waals surface area contributed by atoms with Gasteiger partial charge < -0.3 is 4.52 Å². The Hall–Kier alpha value is -0.500. The van der Waals surface area contributed by atoms with Gasteiger partial charge >= 0.3 is 0 Å². The summed E-state index contributed by atoms with van der Waals surface area (Å²) < 4.78 is 5.42. The maximum absolute atomic E-state index is 5.42. The Morgan fingerprint density at radius 3 is 2.71 bits per heavy atom. The molecule has 0 aliphatic rings. The number of nitrogens with zero attached hydrogens (tertiary/aromatic N) is 1. The summed E-state index contributed by atoms with van der Waals surface area (Å²) in [6, 6.07) is 0. The Balaban J connectivity index is 2.74. The molecule has 0 aliphatic carbocycles. The molecule has 0 amide bonds. The fourth-order valence-electron chi connectivity index (χ4n) is 1.46. The lowest BCUT2D eigenvalue weighted by Gasteiger charge is -2.13. The molecule has 0 aliphatic heterocycles. The van der Waals surface area contributed by atoms with E-state index in [-0.39, 0.29) is 6.10 Å². The Morgan fingerprint density at radius 2 is 2.24 bits per heavy atom. The summed E-state index contributed by atoms with van der Waals surface area (Å²) >= 11 is 1.67. The summed E-state index contributed by atoms with van der Waals surface area (Å²) in [5.74, 6) is 0. The van der Waals surface area contributed by atoms with E-state index in [0.717, 1.165) is 17.1 Å². The van der Waals surface area contributed by atoms with Crippen molar-refractivity contribution in [1.29, 1.82) is 0 Å². The van der Waals surface area contributed by atoms with Gasteiger partial charge in [-0.1, -0.05) is 11.6 Å². The number of rotatable bonds is 5. The van der Waals surface area contributed by atoms with Crippen molar-refractivity contribution in [2.45, 2.75) is 40.2 Å². The third-order valence-electron chi connectivity index (χ3n) is 2.42. The van der Waals surface area contributed by atoms with Crippen LogP contribution in [0.15, 0.2) is 22.6 Å². The first-order valence-electron chi connectivity index (χ1n) is 5.62. The predicted octanol–water partition coefficient (Wildman–Crippen LogP) is 4.39. The highest BCUT2D eigenvalue weighted by atomic mass is 32.1. The number of hydrogen-bond donors (Lipinski definition) is 0. The molecule has 17 heavy (non-hydrogen) atoms. The molecule has 0 saturated heterocycles. The van der Waals surface area contributed by atoms with Gasteiger partial charge in [-0.05, 0) is 45.8 Å². The molecule has 1 unspecified atom stereocenters. The van der Waals surface area contributed by atoms with Gasteiger partial charge in [0, 0.05) is 14.8 Å². The van der Waals surface area contributed by atoms with Gasteiger partial charge in [-0.15, -0.1) is 11.3 Å². The van der Waals surface area contributed by atoms with Crippen molar-refractivity contribution in [3.05, 3.63) is 33.3 Å². The van der Waals surface area contributed by atoms with Crippen LogP contribution in [0.3, 0.4) is 0 Å². The summed E-state index contributed by atoms with van der Waals surface area (Å²) in [5.41, 5.74) is 3.53. The first-order chi connectivity index (χ1) is 8.02. The van der Waals surface area contributed by atoms with E-state index in [2.05, 4.69) is 52.8 Å². The SMILES string of the molecule is CC(C)=CC[C@H](OP)/C(C)=C/c1csc(C)n1. The van der Waals surface area contributed by atoms with Gasteiger partial charge in [-0.2, -0.15) is 0 Å². The van der Waals surface area contributed by atoms with Crippen LogP contribution in [-0.2, 0) is 4.52 Å². The normalized spacial score (nSPS) is 13.6. The molecule has 0 saturated carbocycles. The standard InChI is InChI=1S/C13H20NOPS/c1-9(2)5-6-13(15-16)10(3)7-12-8-17-11(4)14-12/h5,7-8,13H,6,16H2,1-4H3/b10-7+/t13-/m0/s1. The highest BCUT2D eigenvalue weighted by Crippen LogP contribution is 2.19. The van der Waals surface area contributed by atoms with Crippen molar-refractivity contribution >= 4 is 26.9 Å². The predicted molar refractivity (Wildman–Crippen MR) is 79.1 cm³/mol. The van der Waals surface area contributed by atoms with E-state index in [0.29, 0.717) is 0 Å². The van der Waals surface area contributed by atoms with Crippen LogP contribution in [0.5, 0.6) is 0 Å². The minimum absolute atomic E-state index is 0.108. The van der Waals surface area contributed by atoms with Gasteiger partial charge in [0.05, 0.1) is 16.8 Å². The number of aromatic nitrogens is 1. The Morgan fingerprint density at radius 1 is 1.53 bits per heavy atom. The van der Waals surface area contributed by atoms with E-state index in [1.54, 1.807) is 11.3 Å². The Labute approximate surface area is 110 Å². The quantitative estimate of drug-likeness (QED) is 0.584. The smallest absolute Gasteiger partial charge is 0.0901 e. The van der Waals surface area contributed by atoms with E-state index in [1.165, 1.54) is 11.1 Å². The lowest BCUT2D eigenvalue weighted by atomic mass is 10.1. The number of thiazole rings is 1. The lowest BCUT2D eigenvalue weighted by molar-refractivity contribution is 0.285. The minimum Gasteiger partial charge on any atom is -0.358 e. The molecule has 0 N–H and O–H groups in total. The molecule has 1 aromatic rings. The molecule has 2 nitrogen and oxygen atoms in total. The van der Waals surface area contributed by atoms with Crippen LogP contribution < -0.4 is 0 Å². The van der Waals surface area contributed by atoms with E-state index in [4.69, 9.17) is 4.52 Å². The van der Waals surface area contributed by atoms with Crippen LogP contribution in [0, 0.1) is 6.92 Å². The molecular weight excluding hydrogens is 249 g/mol. The van der Waals surface area contributed by atoms with Crippen LogP contribution in [0.1, 0.15) is 37.9 Å². The molecule has 1 heterocycles. The van der Waals surface area contributed by atoms with Crippen LogP contribution in [0.4, 0.5) is 0 Å². The van der Waals surface area contributed by atoms with Gasteiger partial charge in [0.25, 0.3) is 0 Å². The summed E-state index contributed by atoms with van der Waals surface area (Å²) in [6.45, 7) is 8.30. The first-order valence-corrected chi connectivity index (χ1v) is 6.97. The number of aryl methyl sites for hydroxylation is 1. The third-order valence-corrected chi connectivity index (χ3v) is 3.54. The maximum Gasteiger partial charge on any atom is 0.0901 e. The van der Waals surface area contributed by atoms with Crippen molar-refractivity contribution in [3.63, 3.8) is 0 Å². The minimum atomic E-state index is 0.108. The monoisotopic (exact) mass is 269 g/mol. The second-order valence-corrected chi connectivity index (χ2v) is 5.66. The van der Waals surface area contributed by atoms with E-state index in [9.17, 15) is 0 Å². The highest BCUT2D eigenvalue weighted by Gasteiger charge is 2.08. The van der Waals surface area contributed by atoms with Crippen LogP contribution >= 0.6 is 20.8 Å². The molecule has 94 valence electrons. The fraction of sp³-hybridized carbons (Fsp3) is 0.462. The molecule has 0 spiro atoms. The second-order valence-electron chi connectivity index (χ2n) is 4.32. The average Bonchev–Trinajstić information content (AvgIpc) is 2.64. The van der Waals surface area contributed by atoms with Crippen molar-refractivity contribution in [2.24, 2.45) is 0 Å². The molecule has 1 aromatic heterocycles. The zero-order valence-corrected chi connectivity index (χ0v) is 12.8. The van der Waals surface area contributed by atoms with Gasteiger partial charge in [0.1, 0.15) is 0 Å². The van der Waals surface area contributed by atoms with Crippen molar-refractivity contribution in [2.75, 3.05) is 0 Å². The molecule has 1 rings (SSSR count). The van der Waals surface area contributed by atoms with Gasteiger partial charge in [0.2, 0.25) is 0 Å². The molecule has 4 heteroatoms. The summed E-state index contributed by atoms with van der Waals surface area (Å²) in [4.78, 5) is 4.43. The number of hydrogen-bond acceptors (Lipinski definition) is 3. The fourth-order valence-corrected chi connectivity index (χ4v) is 2.36. The van der Waals surface area contributed by atoms with Gasteiger partial charge in [-0.25, -0.2) is 4.98 Å². The van der Waals surface area contributed by atoms with Crippen LogP contribution in [-0.4, -0.2) is 11.1 Å². The Bertz CT molecular complexity index is 419. The number of allylic oxidation sites excluding steroid dienone is 1. The summed E-state index contributed by atoms with van der Waals surface area (Å²) in [6.07, 6.45) is 5.30. The zero-order chi connectivity index (χ0) is 12.8. The van der Waals surface area contributed by atoms with Crippen LogP contribution in [0.2, 0.25) is 0 Å². The van der Waals surface area contributed by atoms with Gasteiger partial charge in [0.15, 0.2) is 0 Å². The van der Waals surface area contributed by atoms with E-state index >= 15 is 0 Å². The lowest BCUT2D eigenvalue weighted by Crippen LogP contribution is -2.08. The molecule has 0 bridgehead atoms. The first kappa shape index (κ1) is 14.6. The van der Waals surface area contributed by atoms with Crippen molar-refractivity contribution in [1.82, 2.24) is 4.98 Å². The zero-order valence-electron chi connectivity index (χ0n) is 10.9. The molecule has 2 atom stereocenters. The second kappa shape index (κ2) is 7.05. The van der Waals surface area contributed by atoms with Crippen molar-refractivity contribution in [3.8, 4) is 0 Å². The molecule has 0 fully saturated rings.